The summed E-state index contributed by atoms with van der Waals surface area (Å²) in [6.07, 6.45) is 2.68. The molecule has 13 heteroatoms. The molecule has 6 N–H and O–H groups in total. The van der Waals surface area contributed by atoms with Gasteiger partial charge in [-0.3, -0.25) is 14.6 Å². The van der Waals surface area contributed by atoms with Crippen LogP contribution in [0.5, 0.6) is 0 Å². The molecule has 4 aromatic carbocycles. The maximum Gasteiger partial charge on any atom is 0.367 e. The van der Waals surface area contributed by atoms with Gasteiger partial charge in [0.25, 0.3) is 11.5 Å². The topological polar surface area (TPSA) is 175 Å². The number of aromatic nitrogens is 2. The molecule has 0 unspecified atom stereocenters. The SMILES string of the molecule is CCO/C=C1/N=C(c2ccccc2)OC1=O.NC(N)Sc1ccccc1.O=C(Nc1cnc(Sc2ccccc2)[nH]c1=O)c1ccccc1. The second-order valence-corrected chi connectivity index (χ2v) is 12.0. The number of carbonyl (C=O) groups is 2. The van der Waals surface area contributed by atoms with Crippen LogP contribution in [0.25, 0.3) is 0 Å². The summed E-state index contributed by atoms with van der Waals surface area (Å²) in [6, 6.07) is 37.4. The fraction of sp³-hybridized carbons (Fsp3) is 0.0833. The highest BCUT2D eigenvalue weighted by Gasteiger charge is 2.24. The summed E-state index contributed by atoms with van der Waals surface area (Å²) < 4.78 is 10.0. The molecule has 0 atom stereocenters. The molecule has 0 bridgehead atoms. The number of hydrogen-bond donors (Lipinski definition) is 4. The van der Waals surface area contributed by atoms with Gasteiger partial charge < -0.3 is 26.3 Å². The molecule has 0 radical (unpaired) electrons. The van der Waals surface area contributed by atoms with Crippen molar-refractivity contribution in [2.24, 2.45) is 16.5 Å². The van der Waals surface area contributed by atoms with E-state index in [0.29, 0.717) is 23.2 Å². The molecule has 250 valence electrons. The van der Waals surface area contributed by atoms with Crippen LogP contribution in [-0.4, -0.2) is 39.8 Å². The van der Waals surface area contributed by atoms with Gasteiger partial charge in [0.05, 0.1) is 12.8 Å². The second kappa shape index (κ2) is 19.4. The molecular formula is C36H34N6O5S2. The average molecular weight is 695 g/mol. The number of benzene rings is 4. The van der Waals surface area contributed by atoms with Crippen LogP contribution in [0, 0.1) is 0 Å². The molecule has 5 aromatic rings. The Hall–Kier alpha value is -5.47. The Kier molecular flexibility index (Phi) is 14.4. The summed E-state index contributed by atoms with van der Waals surface area (Å²) in [7, 11) is 0. The lowest BCUT2D eigenvalue weighted by Crippen LogP contribution is -2.25. The molecule has 1 aromatic heterocycles. The zero-order valence-corrected chi connectivity index (χ0v) is 28.0. The lowest BCUT2D eigenvalue weighted by atomic mass is 10.2. The lowest BCUT2D eigenvalue weighted by Gasteiger charge is -2.05. The van der Waals surface area contributed by atoms with Crippen LogP contribution in [0.4, 0.5) is 5.69 Å². The van der Waals surface area contributed by atoms with Gasteiger partial charge >= 0.3 is 5.97 Å². The Labute approximate surface area is 291 Å². The molecule has 6 rings (SSSR count). The fourth-order valence-corrected chi connectivity index (χ4v) is 5.21. The number of anilines is 1. The van der Waals surface area contributed by atoms with Crippen LogP contribution in [-0.2, 0) is 14.3 Å². The van der Waals surface area contributed by atoms with Gasteiger partial charge in [-0.25, -0.2) is 14.8 Å². The number of ether oxygens (including phenoxy) is 2. The Morgan fingerprint density at radius 2 is 1.45 bits per heavy atom. The van der Waals surface area contributed by atoms with Crippen LogP contribution < -0.4 is 22.3 Å². The summed E-state index contributed by atoms with van der Waals surface area (Å²) in [5.41, 5.74) is 11.6. The highest BCUT2D eigenvalue weighted by Crippen LogP contribution is 2.23. The maximum atomic E-state index is 12.1. The second-order valence-electron chi connectivity index (χ2n) is 9.69. The molecule has 49 heavy (non-hydrogen) atoms. The van der Waals surface area contributed by atoms with Crippen molar-refractivity contribution >= 4 is 47.0 Å². The van der Waals surface area contributed by atoms with Crippen molar-refractivity contribution in [2.45, 2.75) is 27.4 Å². The van der Waals surface area contributed by atoms with Crippen molar-refractivity contribution in [3.05, 3.63) is 161 Å². The number of nitrogens with zero attached hydrogens (tertiary/aromatic N) is 2. The molecule has 2 heterocycles. The zero-order valence-electron chi connectivity index (χ0n) is 26.4. The van der Waals surface area contributed by atoms with E-state index in [1.807, 2.05) is 104 Å². The van der Waals surface area contributed by atoms with Crippen molar-refractivity contribution in [3.8, 4) is 0 Å². The molecule has 0 spiro atoms. The predicted molar refractivity (Wildman–Crippen MR) is 193 cm³/mol. The van der Waals surface area contributed by atoms with E-state index >= 15 is 0 Å². The summed E-state index contributed by atoms with van der Waals surface area (Å²) in [4.78, 5) is 48.5. The molecule has 0 fully saturated rings. The molecule has 1 aliphatic rings. The number of aromatic amines is 1. The first-order valence-corrected chi connectivity index (χ1v) is 16.6. The van der Waals surface area contributed by atoms with E-state index in [4.69, 9.17) is 20.9 Å². The minimum Gasteiger partial charge on any atom is -0.499 e. The Bertz CT molecular complexity index is 1910. The van der Waals surface area contributed by atoms with Gasteiger partial charge in [0, 0.05) is 20.9 Å². The number of rotatable bonds is 9. The van der Waals surface area contributed by atoms with Crippen LogP contribution >= 0.6 is 23.5 Å². The Balaban J connectivity index is 0.000000180. The van der Waals surface area contributed by atoms with Crippen molar-refractivity contribution in [3.63, 3.8) is 0 Å². The lowest BCUT2D eigenvalue weighted by molar-refractivity contribution is -0.130. The van der Waals surface area contributed by atoms with Gasteiger partial charge in [0.1, 0.15) is 17.4 Å². The number of H-pyrrole nitrogens is 1. The van der Waals surface area contributed by atoms with Gasteiger partial charge in [0.2, 0.25) is 5.90 Å². The third kappa shape index (κ3) is 12.2. The Morgan fingerprint density at radius 3 is 2.02 bits per heavy atom. The minimum atomic E-state index is -0.479. The summed E-state index contributed by atoms with van der Waals surface area (Å²) in [5, 5.41) is 3.03. The van der Waals surface area contributed by atoms with E-state index < -0.39 is 5.97 Å². The number of esters is 1. The number of aliphatic imine (C=N–C) groups is 1. The van der Waals surface area contributed by atoms with E-state index in [2.05, 4.69) is 20.3 Å². The summed E-state index contributed by atoms with van der Waals surface area (Å²) in [6.45, 7) is 2.33. The van der Waals surface area contributed by atoms with E-state index in [1.54, 1.807) is 24.3 Å². The number of carbonyl (C=O) groups excluding carboxylic acids is 2. The first-order valence-electron chi connectivity index (χ1n) is 14.9. The monoisotopic (exact) mass is 694 g/mol. The minimum absolute atomic E-state index is 0.122. The first-order chi connectivity index (χ1) is 23.8. The molecule has 1 amide bonds. The van der Waals surface area contributed by atoms with Gasteiger partial charge in [0.15, 0.2) is 10.9 Å². The average Bonchev–Trinajstić information content (AvgIpc) is 3.50. The van der Waals surface area contributed by atoms with E-state index in [1.165, 1.54) is 36.0 Å². The summed E-state index contributed by atoms with van der Waals surface area (Å²) >= 11 is 2.80. The van der Waals surface area contributed by atoms with Crippen molar-refractivity contribution in [1.82, 2.24) is 9.97 Å². The number of nitrogens with two attached hydrogens (primary N) is 2. The predicted octanol–water partition coefficient (Wildman–Crippen LogP) is 6.02. The third-order valence-electron chi connectivity index (χ3n) is 6.04. The van der Waals surface area contributed by atoms with Crippen LogP contribution in [0.2, 0.25) is 0 Å². The molecule has 11 nitrogen and oxygen atoms in total. The van der Waals surface area contributed by atoms with Gasteiger partial charge in [-0.05, 0) is 55.5 Å². The quantitative estimate of drug-likeness (QED) is 0.0357. The molecular weight excluding hydrogens is 661 g/mol. The molecule has 1 aliphatic heterocycles. The number of cyclic esters (lactones) is 1. The van der Waals surface area contributed by atoms with Crippen LogP contribution in [0.3, 0.4) is 0 Å². The van der Waals surface area contributed by atoms with Crippen molar-refractivity contribution in [1.29, 1.82) is 0 Å². The number of amides is 1. The van der Waals surface area contributed by atoms with Gasteiger partial charge in [-0.2, -0.15) is 0 Å². The molecule has 0 saturated carbocycles. The van der Waals surface area contributed by atoms with Crippen LogP contribution in [0.15, 0.2) is 164 Å². The Morgan fingerprint density at radius 1 is 0.878 bits per heavy atom. The number of nitrogens with one attached hydrogen (secondary N) is 2. The first kappa shape index (κ1) is 36.4. The highest BCUT2D eigenvalue weighted by atomic mass is 32.2. The zero-order chi connectivity index (χ0) is 34.8. The fourth-order valence-electron chi connectivity index (χ4n) is 3.82. The summed E-state index contributed by atoms with van der Waals surface area (Å²) in [5.74, 6) is -0.509. The van der Waals surface area contributed by atoms with E-state index in [0.717, 1.165) is 15.4 Å². The standard InChI is InChI=1S/C17H13N3O2S.C12H11NO3.C7H10N2S/c21-15(12-7-3-1-4-8-12)19-14-11-18-17(20-16(14)22)23-13-9-5-2-6-10-13;1-2-15-8-10-12(14)16-11(13-10)9-6-4-3-5-7-9;8-7(9)10-6-4-2-1-3-5-6/h1-11H,(H,19,21)(H,18,20,22);3-8H,2H2,1H3;1-5,7H,8-9H2/b;10-8+;. The number of hydrogen-bond acceptors (Lipinski definition) is 11. The molecule has 0 aliphatic carbocycles. The van der Waals surface area contributed by atoms with Crippen molar-refractivity contribution in [2.75, 3.05) is 11.9 Å². The molecule has 0 saturated heterocycles. The van der Waals surface area contributed by atoms with Gasteiger partial charge in [-0.1, -0.05) is 96.3 Å². The van der Waals surface area contributed by atoms with Crippen LogP contribution in [0.1, 0.15) is 22.8 Å². The third-order valence-corrected chi connectivity index (χ3v) is 7.76. The maximum absolute atomic E-state index is 12.1. The van der Waals surface area contributed by atoms with Crippen molar-refractivity contribution < 1.29 is 19.1 Å². The van der Waals surface area contributed by atoms with E-state index in [9.17, 15) is 14.4 Å². The van der Waals surface area contributed by atoms with Gasteiger partial charge in [-0.15, -0.1) is 0 Å². The highest BCUT2D eigenvalue weighted by molar-refractivity contribution is 7.99. The van der Waals surface area contributed by atoms with E-state index in [-0.39, 0.29) is 28.3 Å². The smallest absolute Gasteiger partial charge is 0.367 e. The number of thioether (sulfide) groups is 1. The normalized spacial score (nSPS) is 12.5. The largest absolute Gasteiger partial charge is 0.499 e.